The third kappa shape index (κ3) is 1.90. The standard InChI is InChI=1S/C11H10INO2/c1-13-10(14)6-9(11(13)15)7-2-4-8(12)5-3-7/h2-5,9H,6H2,1H3/t9-/m1/s1. The first-order valence-electron chi connectivity index (χ1n) is 4.65. The van der Waals surface area contributed by atoms with Gasteiger partial charge < -0.3 is 0 Å². The average molecular weight is 315 g/mol. The molecule has 0 aromatic heterocycles. The van der Waals surface area contributed by atoms with Gasteiger partial charge in [0, 0.05) is 17.0 Å². The Labute approximate surface area is 102 Å². The monoisotopic (exact) mass is 315 g/mol. The minimum Gasteiger partial charge on any atom is -0.285 e. The average Bonchev–Trinajstić information content (AvgIpc) is 2.47. The third-order valence-electron chi connectivity index (χ3n) is 2.65. The molecule has 1 atom stereocenters. The molecule has 0 unspecified atom stereocenters. The molecule has 0 bridgehead atoms. The van der Waals surface area contributed by atoms with E-state index in [9.17, 15) is 9.59 Å². The highest BCUT2D eigenvalue weighted by Crippen LogP contribution is 2.28. The lowest BCUT2D eigenvalue weighted by molar-refractivity contribution is -0.137. The Morgan fingerprint density at radius 2 is 1.87 bits per heavy atom. The summed E-state index contributed by atoms with van der Waals surface area (Å²) in [7, 11) is 1.54. The highest BCUT2D eigenvalue weighted by atomic mass is 127. The number of rotatable bonds is 1. The maximum absolute atomic E-state index is 11.7. The van der Waals surface area contributed by atoms with E-state index in [1.165, 1.54) is 11.9 Å². The maximum atomic E-state index is 11.7. The predicted molar refractivity (Wildman–Crippen MR) is 64.3 cm³/mol. The molecular formula is C11H10INO2. The van der Waals surface area contributed by atoms with Crippen LogP contribution in [0, 0.1) is 3.57 Å². The van der Waals surface area contributed by atoms with Crippen molar-refractivity contribution in [3.63, 3.8) is 0 Å². The highest BCUT2D eigenvalue weighted by molar-refractivity contribution is 14.1. The SMILES string of the molecule is CN1C(=O)C[C@H](c2ccc(I)cc2)C1=O. The topological polar surface area (TPSA) is 37.4 Å². The van der Waals surface area contributed by atoms with Crippen molar-refractivity contribution in [1.82, 2.24) is 4.90 Å². The van der Waals surface area contributed by atoms with Gasteiger partial charge in [-0.1, -0.05) is 12.1 Å². The fourth-order valence-electron chi connectivity index (χ4n) is 1.71. The van der Waals surface area contributed by atoms with Crippen LogP contribution in [0.15, 0.2) is 24.3 Å². The Bertz CT molecular complexity index is 413. The summed E-state index contributed by atoms with van der Waals surface area (Å²) < 4.78 is 1.13. The van der Waals surface area contributed by atoms with Gasteiger partial charge in [-0.25, -0.2) is 0 Å². The molecule has 0 aliphatic carbocycles. The van der Waals surface area contributed by atoms with E-state index < -0.39 is 0 Å². The van der Waals surface area contributed by atoms with Gasteiger partial charge in [-0.05, 0) is 40.3 Å². The second kappa shape index (κ2) is 3.92. The van der Waals surface area contributed by atoms with Gasteiger partial charge in [0.05, 0.1) is 5.92 Å². The van der Waals surface area contributed by atoms with Crippen LogP contribution in [0.3, 0.4) is 0 Å². The summed E-state index contributed by atoms with van der Waals surface area (Å²) in [5.41, 5.74) is 0.929. The zero-order valence-corrected chi connectivity index (χ0v) is 10.4. The Hall–Kier alpha value is -0.910. The number of amides is 2. The largest absolute Gasteiger partial charge is 0.285 e. The number of carbonyl (C=O) groups is 2. The summed E-state index contributed by atoms with van der Waals surface area (Å²) >= 11 is 2.21. The molecule has 0 N–H and O–H groups in total. The van der Waals surface area contributed by atoms with Crippen LogP contribution >= 0.6 is 22.6 Å². The first-order valence-corrected chi connectivity index (χ1v) is 5.73. The summed E-state index contributed by atoms with van der Waals surface area (Å²) in [6.07, 6.45) is 0.302. The normalized spacial score (nSPS) is 21.2. The van der Waals surface area contributed by atoms with E-state index in [0.717, 1.165) is 9.13 Å². The molecule has 1 heterocycles. The maximum Gasteiger partial charge on any atom is 0.236 e. The second-order valence-electron chi connectivity index (χ2n) is 3.60. The molecular weight excluding hydrogens is 305 g/mol. The lowest BCUT2D eigenvalue weighted by Crippen LogP contribution is -2.25. The van der Waals surface area contributed by atoms with Crippen molar-refractivity contribution in [2.75, 3.05) is 7.05 Å². The van der Waals surface area contributed by atoms with Gasteiger partial charge in [-0.15, -0.1) is 0 Å². The number of likely N-dealkylation sites (N-methyl/N-ethyl adjacent to an activating group) is 1. The van der Waals surface area contributed by atoms with Crippen molar-refractivity contribution in [3.8, 4) is 0 Å². The number of hydrogen-bond donors (Lipinski definition) is 0. The van der Waals surface area contributed by atoms with Crippen LogP contribution in [-0.4, -0.2) is 23.8 Å². The lowest BCUT2D eigenvalue weighted by atomic mass is 9.98. The number of nitrogens with zero attached hydrogens (tertiary/aromatic N) is 1. The van der Waals surface area contributed by atoms with E-state index in [4.69, 9.17) is 0 Å². The van der Waals surface area contributed by atoms with Gasteiger partial charge >= 0.3 is 0 Å². The van der Waals surface area contributed by atoms with E-state index in [2.05, 4.69) is 22.6 Å². The minimum atomic E-state index is -0.278. The molecule has 78 valence electrons. The highest BCUT2D eigenvalue weighted by Gasteiger charge is 2.36. The molecule has 1 aromatic carbocycles. The summed E-state index contributed by atoms with van der Waals surface area (Å²) in [5, 5.41) is 0. The van der Waals surface area contributed by atoms with E-state index in [0.29, 0.717) is 6.42 Å². The van der Waals surface area contributed by atoms with E-state index in [-0.39, 0.29) is 17.7 Å². The van der Waals surface area contributed by atoms with Crippen molar-refractivity contribution in [2.24, 2.45) is 0 Å². The molecule has 0 spiro atoms. The summed E-state index contributed by atoms with van der Waals surface area (Å²) in [6.45, 7) is 0. The van der Waals surface area contributed by atoms with Gasteiger partial charge in [0.15, 0.2) is 0 Å². The molecule has 3 nitrogen and oxygen atoms in total. The minimum absolute atomic E-state index is 0.0939. The molecule has 2 rings (SSSR count). The van der Waals surface area contributed by atoms with Crippen molar-refractivity contribution >= 4 is 34.4 Å². The number of carbonyl (C=O) groups excluding carboxylic acids is 2. The Morgan fingerprint density at radius 3 is 2.33 bits per heavy atom. The van der Waals surface area contributed by atoms with Crippen LogP contribution < -0.4 is 0 Å². The molecule has 1 aromatic rings. The van der Waals surface area contributed by atoms with Crippen molar-refractivity contribution in [2.45, 2.75) is 12.3 Å². The number of likely N-dealkylation sites (tertiary alicyclic amines) is 1. The van der Waals surface area contributed by atoms with Crippen molar-refractivity contribution in [3.05, 3.63) is 33.4 Å². The molecule has 15 heavy (non-hydrogen) atoms. The molecule has 1 aliphatic rings. The fraction of sp³-hybridized carbons (Fsp3) is 0.273. The van der Waals surface area contributed by atoms with Gasteiger partial charge in [-0.2, -0.15) is 0 Å². The van der Waals surface area contributed by atoms with Crippen LogP contribution in [0.25, 0.3) is 0 Å². The first-order chi connectivity index (χ1) is 7.09. The van der Waals surface area contributed by atoms with Crippen LogP contribution in [0.4, 0.5) is 0 Å². The first kappa shape index (κ1) is 10.6. The number of benzene rings is 1. The van der Waals surface area contributed by atoms with Gasteiger partial charge in [0.25, 0.3) is 0 Å². The Balaban J connectivity index is 2.29. The smallest absolute Gasteiger partial charge is 0.236 e. The lowest BCUT2D eigenvalue weighted by Gasteiger charge is -2.08. The van der Waals surface area contributed by atoms with E-state index in [1.807, 2.05) is 24.3 Å². The third-order valence-corrected chi connectivity index (χ3v) is 3.37. The molecule has 1 fully saturated rings. The van der Waals surface area contributed by atoms with Crippen molar-refractivity contribution in [1.29, 1.82) is 0 Å². The molecule has 4 heteroatoms. The molecule has 1 aliphatic heterocycles. The van der Waals surface area contributed by atoms with Crippen LogP contribution in [0.2, 0.25) is 0 Å². The van der Waals surface area contributed by atoms with Gasteiger partial charge in [0.1, 0.15) is 0 Å². The summed E-state index contributed by atoms with van der Waals surface area (Å²) in [4.78, 5) is 24.3. The fourth-order valence-corrected chi connectivity index (χ4v) is 2.07. The summed E-state index contributed by atoms with van der Waals surface area (Å²) in [5.74, 6) is -0.468. The zero-order valence-electron chi connectivity index (χ0n) is 8.24. The Morgan fingerprint density at radius 1 is 1.27 bits per heavy atom. The van der Waals surface area contributed by atoms with Crippen LogP contribution in [-0.2, 0) is 9.59 Å². The zero-order chi connectivity index (χ0) is 11.0. The van der Waals surface area contributed by atoms with Crippen LogP contribution in [0.1, 0.15) is 17.9 Å². The number of halogens is 1. The van der Waals surface area contributed by atoms with Crippen molar-refractivity contribution < 1.29 is 9.59 Å². The molecule has 1 saturated heterocycles. The quantitative estimate of drug-likeness (QED) is 0.585. The number of hydrogen-bond acceptors (Lipinski definition) is 2. The van der Waals surface area contributed by atoms with Gasteiger partial charge in [0.2, 0.25) is 11.8 Å². The molecule has 0 radical (unpaired) electrons. The predicted octanol–water partition coefficient (Wildman–Crippen LogP) is 1.76. The number of imide groups is 1. The Kier molecular flexibility index (Phi) is 2.77. The van der Waals surface area contributed by atoms with Gasteiger partial charge in [-0.3, -0.25) is 14.5 Å². The summed E-state index contributed by atoms with van der Waals surface area (Å²) in [6, 6.07) is 7.73. The molecule has 2 amide bonds. The molecule has 0 saturated carbocycles. The van der Waals surface area contributed by atoms with E-state index in [1.54, 1.807) is 0 Å². The second-order valence-corrected chi connectivity index (χ2v) is 4.84. The van der Waals surface area contributed by atoms with Crippen LogP contribution in [0.5, 0.6) is 0 Å². The van der Waals surface area contributed by atoms with E-state index >= 15 is 0 Å².